The summed E-state index contributed by atoms with van der Waals surface area (Å²) in [5.41, 5.74) is 1.10. The van der Waals surface area contributed by atoms with Crippen molar-refractivity contribution in [2.45, 2.75) is 19.8 Å². The minimum Gasteiger partial charge on any atom is -0.411 e. The van der Waals surface area contributed by atoms with E-state index in [-0.39, 0.29) is 0 Å². The molecule has 0 aliphatic heterocycles. The van der Waals surface area contributed by atoms with Gasteiger partial charge in [-0.25, -0.2) is 0 Å². The topological polar surface area (TPSA) is 3.24 Å². The van der Waals surface area contributed by atoms with Crippen LogP contribution in [0.15, 0.2) is 30.3 Å². The van der Waals surface area contributed by atoms with E-state index < -0.39 is 0 Å². The number of rotatable bonds is 4. The van der Waals surface area contributed by atoms with Crippen LogP contribution in [0, 0.1) is 0 Å². The highest BCUT2D eigenvalue weighted by Gasteiger charge is 2.01. The molecule has 1 aromatic rings. The van der Waals surface area contributed by atoms with Crippen molar-refractivity contribution in [1.82, 2.24) is 0 Å². The van der Waals surface area contributed by atoms with Gasteiger partial charge in [-0.05, 0) is 18.6 Å². The van der Waals surface area contributed by atoms with E-state index in [2.05, 4.69) is 6.92 Å². The number of nitrogens with zero attached hydrogens (tertiary/aromatic N) is 1. The maximum absolute atomic E-state index is 5.05. The Balaban J connectivity index is 2.73. The summed E-state index contributed by atoms with van der Waals surface area (Å²) in [6.07, 6.45) is 2.27. The second-order valence-corrected chi connectivity index (χ2v) is 4.14. The summed E-state index contributed by atoms with van der Waals surface area (Å²) in [5.74, 6) is 0. The van der Waals surface area contributed by atoms with Gasteiger partial charge in [-0.2, -0.15) is 0 Å². The van der Waals surface area contributed by atoms with Gasteiger partial charge >= 0.3 is 0 Å². The van der Waals surface area contributed by atoms with Gasteiger partial charge in [0.1, 0.15) is 0 Å². The van der Waals surface area contributed by atoms with E-state index in [0.29, 0.717) is 4.32 Å². The summed E-state index contributed by atoms with van der Waals surface area (Å²) in [5, 5.41) is 0. The lowest BCUT2D eigenvalue weighted by Gasteiger charge is -2.28. The standard InChI is InChI=1S/C11H15NS2/c1-2-3-9-12(11(13)14)10-7-5-4-6-8-10/h4-8H,2-3,9H2,1H3,(H,13,14)/p-1. The molecule has 76 valence electrons. The summed E-state index contributed by atoms with van der Waals surface area (Å²) in [6.45, 7) is 3.08. The van der Waals surface area contributed by atoms with Crippen LogP contribution in [0.25, 0.3) is 0 Å². The van der Waals surface area contributed by atoms with Crippen LogP contribution in [0.1, 0.15) is 19.8 Å². The van der Waals surface area contributed by atoms with Crippen molar-refractivity contribution in [3.05, 3.63) is 30.3 Å². The van der Waals surface area contributed by atoms with Gasteiger partial charge in [0.05, 0.1) is 0 Å². The fourth-order valence-electron chi connectivity index (χ4n) is 1.25. The molecule has 0 saturated heterocycles. The van der Waals surface area contributed by atoms with Crippen molar-refractivity contribution in [2.75, 3.05) is 11.4 Å². The number of para-hydroxylation sites is 1. The van der Waals surface area contributed by atoms with Crippen molar-refractivity contribution in [3.63, 3.8) is 0 Å². The van der Waals surface area contributed by atoms with Gasteiger partial charge in [-0.3, -0.25) is 0 Å². The smallest absolute Gasteiger partial charge is 0.0397 e. The van der Waals surface area contributed by atoms with E-state index >= 15 is 0 Å². The van der Waals surface area contributed by atoms with E-state index in [9.17, 15) is 0 Å². The lowest BCUT2D eigenvalue weighted by atomic mass is 10.2. The average Bonchev–Trinajstić information content (AvgIpc) is 2.19. The van der Waals surface area contributed by atoms with Crippen molar-refractivity contribution in [2.24, 2.45) is 0 Å². The van der Waals surface area contributed by atoms with E-state index in [4.69, 9.17) is 24.8 Å². The minimum absolute atomic E-state index is 0.532. The third-order valence-corrected chi connectivity index (χ3v) is 2.46. The zero-order valence-corrected chi connectivity index (χ0v) is 9.90. The molecule has 0 amide bonds. The van der Waals surface area contributed by atoms with Crippen molar-refractivity contribution in [3.8, 4) is 0 Å². The van der Waals surface area contributed by atoms with Crippen LogP contribution >= 0.6 is 12.2 Å². The summed E-state index contributed by atoms with van der Waals surface area (Å²) in [7, 11) is 0. The molecule has 0 radical (unpaired) electrons. The molecule has 1 rings (SSSR count). The Labute approximate surface area is 96.5 Å². The molecule has 0 aromatic heterocycles. The molecular formula is C11H14NS2-. The van der Waals surface area contributed by atoms with Crippen LogP contribution in [0.2, 0.25) is 0 Å². The Bertz CT molecular complexity index is 285. The van der Waals surface area contributed by atoms with E-state index in [1.807, 2.05) is 35.2 Å². The molecule has 0 fully saturated rings. The van der Waals surface area contributed by atoms with Crippen molar-refractivity contribution >= 4 is 34.9 Å². The van der Waals surface area contributed by atoms with Crippen LogP contribution in [0.5, 0.6) is 0 Å². The Morgan fingerprint density at radius 2 is 2.00 bits per heavy atom. The predicted octanol–water partition coefficient (Wildman–Crippen LogP) is 3.12. The van der Waals surface area contributed by atoms with Crippen LogP contribution in [-0.2, 0) is 12.6 Å². The first-order chi connectivity index (χ1) is 6.75. The molecule has 1 aromatic carbocycles. The summed E-state index contributed by atoms with van der Waals surface area (Å²) < 4.78 is 0.532. The molecule has 0 atom stereocenters. The first kappa shape index (κ1) is 11.4. The van der Waals surface area contributed by atoms with E-state index in [1.165, 1.54) is 0 Å². The fraction of sp³-hybridized carbons (Fsp3) is 0.364. The van der Waals surface area contributed by atoms with Crippen LogP contribution in [-0.4, -0.2) is 10.9 Å². The molecule has 0 aliphatic rings. The zero-order valence-electron chi connectivity index (χ0n) is 8.27. The highest BCUT2D eigenvalue weighted by molar-refractivity contribution is 8.00. The first-order valence-electron chi connectivity index (χ1n) is 4.79. The normalized spacial score (nSPS) is 9.79. The Morgan fingerprint density at radius 1 is 1.36 bits per heavy atom. The summed E-state index contributed by atoms with van der Waals surface area (Å²) >= 11 is 10.1. The monoisotopic (exact) mass is 224 g/mol. The minimum atomic E-state index is 0.532. The zero-order chi connectivity index (χ0) is 10.4. The Kier molecular flexibility index (Phi) is 4.84. The number of benzene rings is 1. The molecule has 1 nitrogen and oxygen atoms in total. The summed E-state index contributed by atoms with van der Waals surface area (Å²) in [4.78, 5) is 2.01. The molecule has 0 aliphatic carbocycles. The second-order valence-electron chi connectivity index (χ2n) is 3.11. The first-order valence-corrected chi connectivity index (χ1v) is 5.61. The fourth-order valence-corrected chi connectivity index (χ4v) is 1.64. The van der Waals surface area contributed by atoms with Crippen molar-refractivity contribution in [1.29, 1.82) is 0 Å². The number of thiocarbonyl (C=S) groups is 1. The maximum atomic E-state index is 5.05. The lowest BCUT2D eigenvalue weighted by Crippen LogP contribution is -2.28. The quantitative estimate of drug-likeness (QED) is 0.571. The lowest BCUT2D eigenvalue weighted by molar-refractivity contribution is 0.800. The molecule has 0 bridgehead atoms. The van der Waals surface area contributed by atoms with Crippen LogP contribution in [0.3, 0.4) is 0 Å². The molecule has 0 N–H and O–H groups in total. The van der Waals surface area contributed by atoms with Crippen molar-refractivity contribution < 1.29 is 0 Å². The number of anilines is 1. The molecule has 3 heteroatoms. The van der Waals surface area contributed by atoms with Gasteiger partial charge in [-0.1, -0.05) is 35.9 Å². The number of hydrogen-bond donors (Lipinski definition) is 0. The molecule has 0 heterocycles. The third kappa shape index (κ3) is 3.24. The van der Waals surface area contributed by atoms with Crippen LogP contribution < -0.4 is 4.90 Å². The SMILES string of the molecule is CCCCN(C(=S)[S-])c1ccccc1. The molecular weight excluding hydrogens is 210 g/mol. The average molecular weight is 224 g/mol. The molecule has 14 heavy (non-hydrogen) atoms. The summed E-state index contributed by atoms with van der Waals surface area (Å²) in [6, 6.07) is 10.1. The molecule has 0 unspecified atom stereocenters. The maximum Gasteiger partial charge on any atom is 0.0397 e. The highest BCUT2D eigenvalue weighted by Crippen LogP contribution is 2.14. The molecule has 0 saturated carbocycles. The second kappa shape index (κ2) is 5.94. The third-order valence-electron chi connectivity index (χ3n) is 2.02. The van der Waals surface area contributed by atoms with Gasteiger partial charge < -0.3 is 29.7 Å². The van der Waals surface area contributed by atoms with Gasteiger partial charge in [0.25, 0.3) is 0 Å². The van der Waals surface area contributed by atoms with Gasteiger partial charge in [0.2, 0.25) is 0 Å². The highest BCUT2D eigenvalue weighted by atomic mass is 32.1. The van der Waals surface area contributed by atoms with E-state index in [1.54, 1.807) is 0 Å². The van der Waals surface area contributed by atoms with Gasteiger partial charge in [0.15, 0.2) is 0 Å². The van der Waals surface area contributed by atoms with Crippen LogP contribution in [0.4, 0.5) is 5.69 Å². The van der Waals surface area contributed by atoms with Gasteiger partial charge in [-0.15, -0.1) is 0 Å². The number of hydrogen-bond acceptors (Lipinski definition) is 2. The largest absolute Gasteiger partial charge is 0.411 e. The van der Waals surface area contributed by atoms with Gasteiger partial charge in [0, 0.05) is 12.2 Å². The predicted molar refractivity (Wildman–Crippen MR) is 68.7 cm³/mol. The Morgan fingerprint density at radius 3 is 2.50 bits per heavy atom. The molecule has 0 spiro atoms. The Hall–Kier alpha value is -0.670. The number of unbranched alkanes of at least 4 members (excludes halogenated alkanes) is 1. The van der Waals surface area contributed by atoms with E-state index in [0.717, 1.165) is 25.1 Å².